The van der Waals surface area contributed by atoms with E-state index < -0.39 is 8.56 Å². The first kappa shape index (κ1) is 13.1. The Labute approximate surface area is 83.9 Å². The van der Waals surface area contributed by atoms with E-state index in [9.17, 15) is 0 Å². The Hall–Kier alpha value is 0.137. The SMILES string of the molecule is CCCO[Si](CC)(CCC)OCC. The maximum absolute atomic E-state index is 5.93. The van der Waals surface area contributed by atoms with Gasteiger partial charge in [0.15, 0.2) is 0 Å². The highest BCUT2D eigenvalue weighted by Crippen LogP contribution is 2.20. The quantitative estimate of drug-likeness (QED) is 0.565. The molecule has 1 unspecified atom stereocenters. The normalized spacial score (nSPS) is 15.7. The van der Waals surface area contributed by atoms with Crippen molar-refractivity contribution in [3.8, 4) is 0 Å². The van der Waals surface area contributed by atoms with Crippen LogP contribution in [0, 0.1) is 0 Å². The van der Waals surface area contributed by atoms with Crippen LogP contribution in [0.3, 0.4) is 0 Å². The van der Waals surface area contributed by atoms with E-state index in [0.717, 1.165) is 31.7 Å². The first-order valence-electron chi connectivity index (χ1n) is 5.52. The zero-order chi connectivity index (χ0) is 10.2. The molecule has 3 heteroatoms. The van der Waals surface area contributed by atoms with Crippen LogP contribution in [-0.2, 0) is 8.85 Å². The Morgan fingerprint density at radius 2 is 1.62 bits per heavy atom. The van der Waals surface area contributed by atoms with E-state index in [1.807, 2.05) is 0 Å². The van der Waals surface area contributed by atoms with Crippen LogP contribution in [0.2, 0.25) is 12.1 Å². The molecule has 80 valence electrons. The van der Waals surface area contributed by atoms with Gasteiger partial charge in [-0.05, 0) is 25.4 Å². The molecular weight excluding hydrogens is 180 g/mol. The van der Waals surface area contributed by atoms with Gasteiger partial charge in [-0.25, -0.2) is 0 Å². The highest BCUT2D eigenvalue weighted by atomic mass is 28.4. The first-order chi connectivity index (χ1) is 6.24. The third kappa shape index (κ3) is 4.79. The van der Waals surface area contributed by atoms with Gasteiger partial charge in [-0.2, -0.15) is 0 Å². The van der Waals surface area contributed by atoms with E-state index in [-0.39, 0.29) is 0 Å². The van der Waals surface area contributed by atoms with Crippen molar-refractivity contribution < 1.29 is 8.85 Å². The zero-order valence-electron chi connectivity index (χ0n) is 9.56. The van der Waals surface area contributed by atoms with Gasteiger partial charge in [0.1, 0.15) is 0 Å². The van der Waals surface area contributed by atoms with Crippen molar-refractivity contribution in [3.63, 3.8) is 0 Å². The van der Waals surface area contributed by atoms with E-state index in [1.165, 1.54) is 6.42 Å². The lowest BCUT2D eigenvalue weighted by Gasteiger charge is -2.28. The standard InChI is InChI=1S/C10H24O2Si/c1-5-9-12-13(8-4,10-6-2)11-7-3/h5-10H2,1-4H3. The van der Waals surface area contributed by atoms with E-state index in [2.05, 4.69) is 27.7 Å². The molecule has 0 amide bonds. The summed E-state index contributed by atoms with van der Waals surface area (Å²) in [6.07, 6.45) is 2.26. The Morgan fingerprint density at radius 3 is 2.00 bits per heavy atom. The molecule has 0 aromatic heterocycles. The van der Waals surface area contributed by atoms with Gasteiger partial charge < -0.3 is 8.85 Å². The van der Waals surface area contributed by atoms with Gasteiger partial charge >= 0.3 is 8.56 Å². The largest absolute Gasteiger partial charge is 0.394 e. The molecular formula is C10H24O2Si. The van der Waals surface area contributed by atoms with Crippen molar-refractivity contribution in [2.24, 2.45) is 0 Å². The summed E-state index contributed by atoms with van der Waals surface area (Å²) >= 11 is 0. The summed E-state index contributed by atoms with van der Waals surface area (Å²) in [5, 5.41) is 0. The van der Waals surface area contributed by atoms with Crippen molar-refractivity contribution >= 4 is 8.56 Å². The predicted molar refractivity (Wildman–Crippen MR) is 59.2 cm³/mol. The van der Waals surface area contributed by atoms with Gasteiger partial charge in [-0.1, -0.05) is 27.2 Å². The second-order valence-electron chi connectivity index (χ2n) is 3.30. The molecule has 0 aromatic rings. The lowest BCUT2D eigenvalue weighted by atomic mass is 10.5. The molecule has 0 bridgehead atoms. The highest BCUT2D eigenvalue weighted by molar-refractivity contribution is 6.67. The Balaban J connectivity index is 4.07. The number of hydrogen-bond acceptors (Lipinski definition) is 2. The summed E-state index contributed by atoms with van der Waals surface area (Å²) in [6.45, 7) is 10.2. The van der Waals surface area contributed by atoms with Crippen LogP contribution in [0.1, 0.15) is 40.5 Å². The van der Waals surface area contributed by atoms with Crippen molar-refractivity contribution in [3.05, 3.63) is 0 Å². The van der Waals surface area contributed by atoms with Gasteiger partial charge in [-0.3, -0.25) is 0 Å². The molecule has 0 spiro atoms. The van der Waals surface area contributed by atoms with E-state index >= 15 is 0 Å². The van der Waals surface area contributed by atoms with Crippen LogP contribution < -0.4 is 0 Å². The number of hydrogen-bond donors (Lipinski definition) is 0. The molecule has 0 aliphatic rings. The second kappa shape index (κ2) is 7.53. The molecule has 0 saturated heterocycles. The lowest BCUT2D eigenvalue weighted by Crippen LogP contribution is -2.41. The summed E-state index contributed by atoms with van der Waals surface area (Å²) in [5.74, 6) is 0. The van der Waals surface area contributed by atoms with E-state index in [4.69, 9.17) is 8.85 Å². The van der Waals surface area contributed by atoms with E-state index in [1.54, 1.807) is 0 Å². The Morgan fingerprint density at radius 1 is 0.923 bits per heavy atom. The average Bonchev–Trinajstić information content (AvgIpc) is 2.15. The number of rotatable bonds is 8. The third-order valence-electron chi connectivity index (χ3n) is 2.15. The molecule has 13 heavy (non-hydrogen) atoms. The fourth-order valence-corrected chi connectivity index (χ4v) is 4.50. The summed E-state index contributed by atoms with van der Waals surface area (Å²) in [6, 6.07) is 2.21. The first-order valence-corrected chi connectivity index (χ1v) is 7.75. The van der Waals surface area contributed by atoms with Crippen molar-refractivity contribution in [1.82, 2.24) is 0 Å². The van der Waals surface area contributed by atoms with Crippen LogP contribution in [0.25, 0.3) is 0 Å². The van der Waals surface area contributed by atoms with Crippen molar-refractivity contribution in [1.29, 1.82) is 0 Å². The molecule has 0 rings (SSSR count). The smallest absolute Gasteiger partial charge is 0.337 e. The van der Waals surface area contributed by atoms with Crippen molar-refractivity contribution in [2.75, 3.05) is 13.2 Å². The molecule has 0 aromatic carbocycles. The van der Waals surface area contributed by atoms with Gasteiger partial charge in [0.2, 0.25) is 0 Å². The molecule has 0 heterocycles. The Kier molecular flexibility index (Phi) is 7.61. The molecule has 2 nitrogen and oxygen atoms in total. The van der Waals surface area contributed by atoms with Crippen LogP contribution in [-0.4, -0.2) is 21.8 Å². The summed E-state index contributed by atoms with van der Waals surface area (Å²) in [5.41, 5.74) is 0. The monoisotopic (exact) mass is 204 g/mol. The fraction of sp³-hybridized carbons (Fsp3) is 1.00. The molecule has 0 fully saturated rings. The van der Waals surface area contributed by atoms with Crippen LogP contribution in [0.5, 0.6) is 0 Å². The second-order valence-corrected chi connectivity index (χ2v) is 6.90. The summed E-state index contributed by atoms with van der Waals surface area (Å²) < 4.78 is 11.8. The fourth-order valence-electron chi connectivity index (χ4n) is 1.50. The van der Waals surface area contributed by atoms with Gasteiger partial charge in [-0.15, -0.1) is 0 Å². The van der Waals surface area contributed by atoms with E-state index in [0.29, 0.717) is 0 Å². The average molecular weight is 204 g/mol. The third-order valence-corrected chi connectivity index (χ3v) is 6.03. The van der Waals surface area contributed by atoms with Crippen LogP contribution >= 0.6 is 0 Å². The van der Waals surface area contributed by atoms with Crippen LogP contribution in [0.15, 0.2) is 0 Å². The van der Waals surface area contributed by atoms with Gasteiger partial charge in [0.25, 0.3) is 0 Å². The van der Waals surface area contributed by atoms with Crippen LogP contribution in [0.4, 0.5) is 0 Å². The minimum atomic E-state index is -1.79. The Bertz CT molecular complexity index is 111. The molecule has 0 N–H and O–H groups in total. The molecule has 0 aliphatic heterocycles. The minimum absolute atomic E-state index is 0.795. The lowest BCUT2D eigenvalue weighted by molar-refractivity contribution is 0.175. The topological polar surface area (TPSA) is 18.5 Å². The molecule has 0 saturated carbocycles. The van der Waals surface area contributed by atoms with Gasteiger partial charge in [0.05, 0.1) is 0 Å². The maximum atomic E-state index is 5.93. The predicted octanol–water partition coefficient (Wildman–Crippen LogP) is 3.32. The molecule has 0 radical (unpaired) electrons. The van der Waals surface area contributed by atoms with Gasteiger partial charge in [0, 0.05) is 13.2 Å². The maximum Gasteiger partial charge on any atom is 0.337 e. The summed E-state index contributed by atoms with van der Waals surface area (Å²) in [7, 11) is -1.79. The summed E-state index contributed by atoms with van der Waals surface area (Å²) in [4.78, 5) is 0. The highest BCUT2D eigenvalue weighted by Gasteiger charge is 2.33. The zero-order valence-corrected chi connectivity index (χ0v) is 10.6. The molecule has 0 aliphatic carbocycles. The molecule has 1 atom stereocenters. The van der Waals surface area contributed by atoms with Crippen molar-refractivity contribution in [2.45, 2.75) is 52.6 Å². The minimum Gasteiger partial charge on any atom is -0.394 e.